The molecule has 2 rings (SSSR count). The van der Waals surface area contributed by atoms with Gasteiger partial charge in [-0.15, -0.1) is 0 Å². The van der Waals surface area contributed by atoms with Crippen LogP contribution in [0.25, 0.3) is 0 Å². The first kappa shape index (κ1) is 18.9. The molecule has 0 aromatic heterocycles. The molecule has 1 aromatic carbocycles. The molecule has 5 nitrogen and oxygen atoms in total. The van der Waals surface area contributed by atoms with Crippen LogP contribution in [0.2, 0.25) is 0 Å². The van der Waals surface area contributed by atoms with E-state index in [-0.39, 0.29) is 23.8 Å². The Hall–Kier alpha value is -1.40. The van der Waals surface area contributed by atoms with Crippen LogP contribution in [0.5, 0.6) is 0 Å². The summed E-state index contributed by atoms with van der Waals surface area (Å²) in [7, 11) is -1.77. The normalized spacial score (nSPS) is 15.6. The smallest absolute Gasteiger partial charge is 0.240 e. The van der Waals surface area contributed by atoms with Crippen molar-refractivity contribution >= 4 is 15.9 Å². The maximum atomic E-state index is 12.4. The molecule has 1 aliphatic carbocycles. The van der Waals surface area contributed by atoms with Crippen LogP contribution in [0.4, 0.5) is 0 Å². The van der Waals surface area contributed by atoms with Crippen molar-refractivity contribution in [3.8, 4) is 0 Å². The first-order chi connectivity index (χ1) is 11.3. The Kier molecular flexibility index (Phi) is 6.40. The summed E-state index contributed by atoms with van der Waals surface area (Å²) in [6.45, 7) is 4.61. The standard InChI is InChI=1S/C18H28N2O3S/c1-14-8-9-17(15(2)12-14)24(22,23)19-11-10-18(21)20(3)13-16-6-4-5-7-16/h8-9,12,16,19H,4-7,10-11,13H2,1-3H3. The zero-order valence-corrected chi connectivity index (χ0v) is 15.7. The van der Waals surface area contributed by atoms with E-state index in [4.69, 9.17) is 0 Å². The van der Waals surface area contributed by atoms with Gasteiger partial charge in [0.2, 0.25) is 15.9 Å². The maximum Gasteiger partial charge on any atom is 0.240 e. The van der Waals surface area contributed by atoms with Crippen LogP contribution >= 0.6 is 0 Å². The third-order valence-corrected chi connectivity index (χ3v) is 6.30. The van der Waals surface area contributed by atoms with Gasteiger partial charge in [0, 0.05) is 26.6 Å². The van der Waals surface area contributed by atoms with Gasteiger partial charge in [0.25, 0.3) is 0 Å². The Balaban J connectivity index is 1.84. The van der Waals surface area contributed by atoms with Crippen LogP contribution in [0.15, 0.2) is 23.1 Å². The molecule has 0 heterocycles. The fourth-order valence-corrected chi connectivity index (χ4v) is 4.60. The van der Waals surface area contributed by atoms with Gasteiger partial charge in [-0.1, -0.05) is 30.5 Å². The molecule has 0 bridgehead atoms. The topological polar surface area (TPSA) is 66.5 Å². The molecule has 1 fully saturated rings. The highest BCUT2D eigenvalue weighted by Crippen LogP contribution is 2.25. The lowest BCUT2D eigenvalue weighted by molar-refractivity contribution is -0.130. The van der Waals surface area contributed by atoms with E-state index in [2.05, 4.69) is 4.72 Å². The zero-order chi connectivity index (χ0) is 17.7. The van der Waals surface area contributed by atoms with Gasteiger partial charge >= 0.3 is 0 Å². The van der Waals surface area contributed by atoms with E-state index in [9.17, 15) is 13.2 Å². The molecular formula is C18H28N2O3S. The van der Waals surface area contributed by atoms with Crippen LogP contribution in [0.3, 0.4) is 0 Å². The summed E-state index contributed by atoms with van der Waals surface area (Å²) in [5.41, 5.74) is 1.74. The third kappa shape index (κ3) is 5.05. The number of carbonyl (C=O) groups excluding carboxylic acids is 1. The summed E-state index contributed by atoms with van der Waals surface area (Å²) in [4.78, 5) is 14.2. The van der Waals surface area contributed by atoms with E-state index in [0.717, 1.165) is 12.1 Å². The molecule has 0 atom stereocenters. The quantitative estimate of drug-likeness (QED) is 0.820. The number of rotatable bonds is 7. The number of nitrogens with one attached hydrogen (secondary N) is 1. The summed E-state index contributed by atoms with van der Waals surface area (Å²) in [6.07, 6.45) is 5.08. The second kappa shape index (κ2) is 8.12. The van der Waals surface area contributed by atoms with Crippen molar-refractivity contribution in [2.75, 3.05) is 20.1 Å². The minimum atomic E-state index is -3.57. The first-order valence-electron chi connectivity index (χ1n) is 8.60. The monoisotopic (exact) mass is 352 g/mol. The van der Waals surface area contributed by atoms with Crippen molar-refractivity contribution in [3.63, 3.8) is 0 Å². The van der Waals surface area contributed by atoms with Crippen LogP contribution < -0.4 is 4.72 Å². The minimum Gasteiger partial charge on any atom is -0.345 e. The Morgan fingerprint density at radius 3 is 2.54 bits per heavy atom. The summed E-state index contributed by atoms with van der Waals surface area (Å²) < 4.78 is 27.3. The van der Waals surface area contributed by atoms with Crippen molar-refractivity contribution in [3.05, 3.63) is 29.3 Å². The van der Waals surface area contributed by atoms with Crippen LogP contribution in [0, 0.1) is 19.8 Å². The van der Waals surface area contributed by atoms with Gasteiger partial charge in [0.05, 0.1) is 4.90 Å². The fraction of sp³-hybridized carbons (Fsp3) is 0.611. The van der Waals surface area contributed by atoms with E-state index in [1.807, 2.05) is 13.0 Å². The molecule has 1 amide bonds. The minimum absolute atomic E-state index is 0.00905. The van der Waals surface area contributed by atoms with Crippen molar-refractivity contribution in [2.45, 2.75) is 50.8 Å². The Morgan fingerprint density at radius 1 is 1.25 bits per heavy atom. The molecule has 6 heteroatoms. The summed E-state index contributed by atoms with van der Waals surface area (Å²) in [6, 6.07) is 5.23. The predicted molar refractivity (Wildman–Crippen MR) is 95.3 cm³/mol. The number of nitrogens with zero attached hydrogens (tertiary/aromatic N) is 1. The number of hydrogen-bond acceptors (Lipinski definition) is 3. The molecule has 24 heavy (non-hydrogen) atoms. The largest absolute Gasteiger partial charge is 0.345 e. The number of benzene rings is 1. The van der Waals surface area contributed by atoms with Crippen molar-refractivity contribution in [2.24, 2.45) is 5.92 Å². The van der Waals surface area contributed by atoms with Gasteiger partial charge in [-0.3, -0.25) is 4.79 Å². The maximum absolute atomic E-state index is 12.4. The van der Waals surface area contributed by atoms with E-state index < -0.39 is 10.0 Å². The average molecular weight is 353 g/mol. The van der Waals surface area contributed by atoms with Gasteiger partial charge in [0.15, 0.2) is 0 Å². The van der Waals surface area contributed by atoms with Crippen LogP contribution in [-0.2, 0) is 14.8 Å². The molecule has 0 spiro atoms. The van der Waals surface area contributed by atoms with E-state index >= 15 is 0 Å². The predicted octanol–water partition coefficient (Wildman–Crippen LogP) is 2.62. The van der Waals surface area contributed by atoms with Crippen molar-refractivity contribution in [1.82, 2.24) is 9.62 Å². The lowest BCUT2D eigenvalue weighted by Crippen LogP contribution is -2.34. The highest BCUT2D eigenvalue weighted by Gasteiger charge is 2.20. The van der Waals surface area contributed by atoms with Crippen LogP contribution in [0.1, 0.15) is 43.2 Å². The molecule has 134 valence electrons. The molecule has 1 aromatic rings. The number of amides is 1. The molecule has 1 saturated carbocycles. The van der Waals surface area contributed by atoms with Gasteiger partial charge in [0.1, 0.15) is 0 Å². The summed E-state index contributed by atoms with van der Waals surface area (Å²) in [5.74, 6) is 0.594. The number of carbonyl (C=O) groups is 1. The molecule has 1 N–H and O–H groups in total. The van der Waals surface area contributed by atoms with E-state index in [1.54, 1.807) is 31.0 Å². The van der Waals surface area contributed by atoms with Gasteiger partial charge in [-0.2, -0.15) is 0 Å². The SMILES string of the molecule is Cc1ccc(S(=O)(=O)NCCC(=O)N(C)CC2CCCC2)c(C)c1. The highest BCUT2D eigenvalue weighted by atomic mass is 32.2. The lowest BCUT2D eigenvalue weighted by Gasteiger charge is -2.21. The lowest BCUT2D eigenvalue weighted by atomic mass is 10.1. The van der Waals surface area contributed by atoms with Crippen molar-refractivity contribution in [1.29, 1.82) is 0 Å². The number of sulfonamides is 1. The summed E-state index contributed by atoms with van der Waals surface area (Å²) in [5, 5.41) is 0. The third-order valence-electron chi connectivity index (χ3n) is 4.68. The average Bonchev–Trinajstić information content (AvgIpc) is 2.99. The zero-order valence-electron chi connectivity index (χ0n) is 14.8. The molecule has 0 radical (unpaired) electrons. The fourth-order valence-electron chi connectivity index (χ4n) is 3.34. The van der Waals surface area contributed by atoms with Crippen LogP contribution in [-0.4, -0.2) is 39.4 Å². The molecule has 0 saturated heterocycles. The second-order valence-electron chi connectivity index (χ2n) is 6.84. The molecule has 0 unspecified atom stereocenters. The number of hydrogen-bond donors (Lipinski definition) is 1. The molecule has 0 aliphatic heterocycles. The Labute approximate surface area is 145 Å². The van der Waals surface area contributed by atoms with E-state index in [1.165, 1.54) is 25.7 Å². The number of aryl methyl sites for hydroxylation is 2. The molecular weight excluding hydrogens is 324 g/mol. The van der Waals surface area contributed by atoms with Gasteiger partial charge in [-0.25, -0.2) is 13.1 Å². The van der Waals surface area contributed by atoms with E-state index in [0.29, 0.717) is 11.5 Å². The van der Waals surface area contributed by atoms with Crippen molar-refractivity contribution < 1.29 is 13.2 Å². The summed E-state index contributed by atoms with van der Waals surface area (Å²) >= 11 is 0. The Bertz CT molecular complexity index is 680. The van der Waals surface area contributed by atoms with Gasteiger partial charge < -0.3 is 4.90 Å². The highest BCUT2D eigenvalue weighted by molar-refractivity contribution is 7.89. The first-order valence-corrected chi connectivity index (χ1v) is 10.1. The Morgan fingerprint density at radius 2 is 1.92 bits per heavy atom. The second-order valence-corrected chi connectivity index (χ2v) is 8.58. The van der Waals surface area contributed by atoms with Gasteiger partial charge in [-0.05, 0) is 44.2 Å². The molecule has 1 aliphatic rings.